The van der Waals surface area contributed by atoms with Crippen LogP contribution in [-0.4, -0.2) is 23.4 Å². The average molecular weight is 166 g/mol. The van der Waals surface area contributed by atoms with Gasteiger partial charge in [0.05, 0.1) is 0 Å². The van der Waals surface area contributed by atoms with Crippen LogP contribution in [0.2, 0.25) is 0 Å². The largest absolute Gasteiger partial charge is 0.309 e. The Morgan fingerprint density at radius 3 is 2.83 bits per heavy atom. The summed E-state index contributed by atoms with van der Waals surface area (Å²) in [4.78, 5) is 10.5. The summed E-state index contributed by atoms with van der Waals surface area (Å²) < 4.78 is 0. The van der Waals surface area contributed by atoms with Crippen molar-refractivity contribution in [2.45, 2.75) is 38.3 Å². The van der Waals surface area contributed by atoms with Crippen molar-refractivity contribution in [1.29, 1.82) is 0 Å². The molecule has 2 aliphatic rings. The van der Waals surface area contributed by atoms with Crippen LogP contribution in [0.5, 0.6) is 0 Å². The lowest BCUT2D eigenvalue weighted by Gasteiger charge is -2.37. The van der Waals surface area contributed by atoms with Crippen LogP contribution >= 0.6 is 0 Å². The van der Waals surface area contributed by atoms with Gasteiger partial charge in [0.15, 0.2) is 0 Å². The number of allylic oxidation sites excluding steroid dienone is 1. The lowest BCUT2D eigenvalue weighted by Crippen LogP contribution is -2.47. The van der Waals surface area contributed by atoms with Gasteiger partial charge in [0, 0.05) is 11.7 Å². The van der Waals surface area contributed by atoms with Gasteiger partial charge in [0.25, 0.3) is 0 Å². The first kappa shape index (κ1) is 7.80. The number of hydrazine groups is 1. The van der Waals surface area contributed by atoms with Gasteiger partial charge in [-0.25, -0.2) is 5.43 Å². The standard InChI is InChI=1S/C9H14N2O/c1-7-5-8(6-12)10-11(7)9-3-2-4-9/h5-6,8-10H,2-4H2,1H3. The first-order chi connectivity index (χ1) is 5.81. The highest BCUT2D eigenvalue weighted by Crippen LogP contribution is 2.28. The minimum absolute atomic E-state index is 0.0920. The number of hydrogen-bond acceptors (Lipinski definition) is 3. The van der Waals surface area contributed by atoms with Crippen LogP contribution in [0.15, 0.2) is 11.8 Å². The van der Waals surface area contributed by atoms with Crippen LogP contribution in [-0.2, 0) is 4.79 Å². The number of carbonyl (C=O) groups is 1. The highest BCUT2D eigenvalue weighted by molar-refractivity contribution is 5.62. The van der Waals surface area contributed by atoms with Crippen LogP contribution in [0.4, 0.5) is 0 Å². The van der Waals surface area contributed by atoms with Crippen molar-refractivity contribution in [3.8, 4) is 0 Å². The summed E-state index contributed by atoms with van der Waals surface area (Å²) in [6, 6.07) is 0.539. The van der Waals surface area contributed by atoms with Gasteiger partial charge >= 0.3 is 0 Å². The molecule has 1 aliphatic heterocycles. The summed E-state index contributed by atoms with van der Waals surface area (Å²) in [5.74, 6) is 0. The van der Waals surface area contributed by atoms with Gasteiger partial charge in [-0.1, -0.05) is 0 Å². The molecule has 3 nitrogen and oxygen atoms in total. The quantitative estimate of drug-likeness (QED) is 0.617. The molecule has 1 heterocycles. The van der Waals surface area contributed by atoms with Crippen molar-refractivity contribution >= 4 is 6.29 Å². The third-order valence-electron chi connectivity index (χ3n) is 2.68. The Balaban J connectivity index is 2.00. The maximum Gasteiger partial charge on any atom is 0.142 e. The van der Waals surface area contributed by atoms with Gasteiger partial charge in [-0.2, -0.15) is 0 Å². The third-order valence-corrected chi connectivity index (χ3v) is 2.68. The normalized spacial score (nSPS) is 29.9. The minimum atomic E-state index is -0.0920. The molecule has 0 spiro atoms. The second-order valence-corrected chi connectivity index (χ2v) is 3.55. The smallest absolute Gasteiger partial charge is 0.142 e. The average Bonchev–Trinajstić information content (AvgIpc) is 2.29. The molecule has 0 amide bonds. The molecule has 2 rings (SSSR count). The van der Waals surface area contributed by atoms with E-state index in [0.29, 0.717) is 6.04 Å². The number of nitrogens with one attached hydrogen (secondary N) is 1. The molecule has 0 aromatic carbocycles. The fraction of sp³-hybridized carbons (Fsp3) is 0.667. The van der Waals surface area contributed by atoms with E-state index in [1.807, 2.05) is 6.08 Å². The molecule has 1 saturated carbocycles. The molecular formula is C9H14N2O. The maximum absolute atomic E-state index is 10.5. The van der Waals surface area contributed by atoms with E-state index in [9.17, 15) is 4.79 Å². The third kappa shape index (κ3) is 1.14. The highest BCUT2D eigenvalue weighted by Gasteiger charge is 2.29. The molecule has 1 aliphatic carbocycles. The van der Waals surface area contributed by atoms with Crippen molar-refractivity contribution in [1.82, 2.24) is 10.4 Å². The Morgan fingerprint density at radius 2 is 2.42 bits per heavy atom. The lowest BCUT2D eigenvalue weighted by atomic mass is 9.92. The number of hydrogen-bond donors (Lipinski definition) is 1. The highest BCUT2D eigenvalue weighted by atomic mass is 16.1. The van der Waals surface area contributed by atoms with E-state index in [-0.39, 0.29) is 6.04 Å². The maximum atomic E-state index is 10.5. The van der Waals surface area contributed by atoms with Crippen LogP contribution in [0.25, 0.3) is 0 Å². The zero-order valence-electron chi connectivity index (χ0n) is 7.29. The number of aldehydes is 1. The van der Waals surface area contributed by atoms with E-state index >= 15 is 0 Å². The molecule has 1 N–H and O–H groups in total. The van der Waals surface area contributed by atoms with Gasteiger partial charge in [-0.3, -0.25) is 0 Å². The van der Waals surface area contributed by atoms with Crippen molar-refractivity contribution < 1.29 is 4.79 Å². The molecule has 0 saturated heterocycles. The molecule has 1 atom stereocenters. The minimum Gasteiger partial charge on any atom is -0.309 e. The summed E-state index contributed by atoms with van der Waals surface area (Å²) >= 11 is 0. The van der Waals surface area contributed by atoms with Gasteiger partial charge in [-0.05, 0) is 32.3 Å². The number of rotatable bonds is 2. The predicted molar refractivity (Wildman–Crippen MR) is 46.2 cm³/mol. The molecule has 0 aromatic rings. The van der Waals surface area contributed by atoms with Crippen molar-refractivity contribution in [3.05, 3.63) is 11.8 Å². The van der Waals surface area contributed by atoms with E-state index in [4.69, 9.17) is 0 Å². The summed E-state index contributed by atoms with van der Waals surface area (Å²) in [6.07, 6.45) is 6.75. The summed E-state index contributed by atoms with van der Waals surface area (Å²) in [5.41, 5.74) is 4.36. The number of carbonyl (C=O) groups excluding carboxylic acids is 1. The topological polar surface area (TPSA) is 32.3 Å². The summed E-state index contributed by atoms with van der Waals surface area (Å²) in [6.45, 7) is 2.05. The lowest BCUT2D eigenvalue weighted by molar-refractivity contribution is -0.109. The zero-order chi connectivity index (χ0) is 8.55. The van der Waals surface area contributed by atoms with Crippen LogP contribution in [0.1, 0.15) is 26.2 Å². The molecule has 0 bridgehead atoms. The summed E-state index contributed by atoms with van der Waals surface area (Å²) in [5, 5.41) is 2.14. The molecule has 0 radical (unpaired) electrons. The molecule has 1 unspecified atom stereocenters. The Labute approximate surface area is 72.4 Å². The van der Waals surface area contributed by atoms with Crippen LogP contribution in [0.3, 0.4) is 0 Å². The monoisotopic (exact) mass is 166 g/mol. The van der Waals surface area contributed by atoms with E-state index in [1.54, 1.807) is 0 Å². The van der Waals surface area contributed by atoms with E-state index in [2.05, 4.69) is 17.4 Å². The molecule has 0 aromatic heterocycles. The molecule has 3 heteroatoms. The zero-order valence-corrected chi connectivity index (χ0v) is 7.29. The number of nitrogens with zero attached hydrogens (tertiary/aromatic N) is 1. The van der Waals surface area contributed by atoms with Gasteiger partial charge in [0.2, 0.25) is 0 Å². The first-order valence-electron chi connectivity index (χ1n) is 4.50. The van der Waals surface area contributed by atoms with Gasteiger partial charge in [0.1, 0.15) is 12.3 Å². The molecular weight excluding hydrogens is 152 g/mol. The molecule has 66 valence electrons. The Hall–Kier alpha value is -0.830. The van der Waals surface area contributed by atoms with E-state index in [1.165, 1.54) is 25.0 Å². The van der Waals surface area contributed by atoms with Crippen LogP contribution in [0, 0.1) is 0 Å². The Bertz CT molecular complexity index is 221. The Kier molecular flexibility index (Phi) is 1.89. The van der Waals surface area contributed by atoms with E-state index < -0.39 is 0 Å². The fourth-order valence-corrected chi connectivity index (χ4v) is 1.75. The fourth-order valence-electron chi connectivity index (χ4n) is 1.75. The first-order valence-corrected chi connectivity index (χ1v) is 4.50. The molecule has 12 heavy (non-hydrogen) atoms. The van der Waals surface area contributed by atoms with Crippen molar-refractivity contribution in [3.63, 3.8) is 0 Å². The van der Waals surface area contributed by atoms with Gasteiger partial charge in [-0.15, -0.1) is 0 Å². The Morgan fingerprint density at radius 1 is 1.67 bits per heavy atom. The van der Waals surface area contributed by atoms with Crippen molar-refractivity contribution in [2.75, 3.05) is 0 Å². The summed E-state index contributed by atoms with van der Waals surface area (Å²) in [7, 11) is 0. The van der Waals surface area contributed by atoms with E-state index in [0.717, 1.165) is 6.29 Å². The second-order valence-electron chi connectivity index (χ2n) is 3.55. The SMILES string of the molecule is CC1=CC(C=O)NN1C1CCC1. The van der Waals surface area contributed by atoms with Gasteiger partial charge < -0.3 is 9.80 Å². The molecule has 1 fully saturated rings. The second kappa shape index (κ2) is 2.90. The van der Waals surface area contributed by atoms with Crippen molar-refractivity contribution in [2.24, 2.45) is 0 Å². The predicted octanol–water partition coefficient (Wildman–Crippen LogP) is 0.830. The van der Waals surface area contributed by atoms with Crippen LogP contribution < -0.4 is 5.43 Å².